The lowest BCUT2D eigenvalue weighted by Crippen LogP contribution is -2.71. The predicted octanol–water partition coefficient (Wildman–Crippen LogP) is 3.80. The van der Waals surface area contributed by atoms with Crippen molar-refractivity contribution in [1.82, 2.24) is 4.90 Å². The molecule has 1 N–H and O–H groups in total. The molecule has 0 bridgehead atoms. The van der Waals surface area contributed by atoms with E-state index < -0.39 is 45.9 Å². The number of carbonyl (C=O) groups excluding carboxylic acids is 2. The van der Waals surface area contributed by atoms with E-state index in [4.69, 9.17) is 18.8 Å². The summed E-state index contributed by atoms with van der Waals surface area (Å²) in [6.07, 6.45) is 1.24. The van der Waals surface area contributed by atoms with Crippen LogP contribution in [-0.2, 0) is 23.6 Å². The summed E-state index contributed by atoms with van der Waals surface area (Å²) < 4.78 is 23.2. The van der Waals surface area contributed by atoms with Crippen LogP contribution in [0.5, 0.6) is 0 Å². The number of amides is 1. The van der Waals surface area contributed by atoms with E-state index in [0.717, 1.165) is 0 Å². The van der Waals surface area contributed by atoms with Crippen LogP contribution < -0.4 is 0 Å². The Hall–Kier alpha value is -1.32. The van der Waals surface area contributed by atoms with Crippen molar-refractivity contribution < 1.29 is 33.5 Å². The molecule has 2 saturated heterocycles. The van der Waals surface area contributed by atoms with E-state index in [1.54, 1.807) is 41.5 Å². The van der Waals surface area contributed by atoms with Gasteiger partial charge in [-0.1, -0.05) is 6.42 Å². The highest BCUT2D eigenvalue weighted by Gasteiger charge is 2.60. The second-order valence-corrected chi connectivity index (χ2v) is 12.1. The first-order valence-corrected chi connectivity index (χ1v) is 11.5. The molecule has 32 heavy (non-hydrogen) atoms. The minimum atomic E-state index is -0.903. The van der Waals surface area contributed by atoms with Crippen molar-refractivity contribution in [3.63, 3.8) is 0 Å². The van der Waals surface area contributed by atoms with E-state index >= 15 is 0 Å². The number of hydrogen-bond acceptors (Lipinski definition) is 7. The Labute approximate surface area is 193 Å². The summed E-state index contributed by atoms with van der Waals surface area (Å²) in [7, 11) is -0.349. The van der Waals surface area contributed by atoms with Gasteiger partial charge < -0.3 is 23.9 Å². The first kappa shape index (κ1) is 26.9. The highest BCUT2D eigenvalue weighted by Crippen LogP contribution is 2.45. The summed E-state index contributed by atoms with van der Waals surface area (Å²) in [5.74, 6) is -0.528. The standard InChI is InChI=1S/C23H42BNO7/c1-19(2,3)29-17(27)16-23(15-26,14-25(16)18(28)30-20(4,5)6)12-11-13-24-31-21(7,8)22(9,10)32-24/h16,26H,11-15H2,1-10H3/t16-,23-/m1/s1. The van der Waals surface area contributed by atoms with Gasteiger partial charge in [-0.15, -0.1) is 0 Å². The van der Waals surface area contributed by atoms with Crippen LogP contribution in [0.25, 0.3) is 0 Å². The van der Waals surface area contributed by atoms with Gasteiger partial charge in [-0.3, -0.25) is 4.90 Å². The number of aliphatic hydroxyl groups excluding tert-OH is 1. The van der Waals surface area contributed by atoms with Crippen molar-refractivity contribution in [1.29, 1.82) is 0 Å². The third kappa shape index (κ3) is 5.97. The average Bonchev–Trinajstić information content (AvgIpc) is 2.73. The van der Waals surface area contributed by atoms with Crippen LogP contribution in [0, 0.1) is 5.41 Å². The minimum absolute atomic E-state index is 0.228. The van der Waals surface area contributed by atoms with Gasteiger partial charge >= 0.3 is 19.2 Å². The maximum atomic E-state index is 13.1. The Kier molecular flexibility index (Phi) is 7.41. The minimum Gasteiger partial charge on any atom is -0.458 e. The molecule has 2 aliphatic rings. The Morgan fingerprint density at radius 2 is 1.50 bits per heavy atom. The molecule has 0 aromatic heterocycles. The molecule has 2 rings (SSSR count). The monoisotopic (exact) mass is 455 g/mol. The zero-order valence-corrected chi connectivity index (χ0v) is 21.5. The Morgan fingerprint density at radius 3 is 1.94 bits per heavy atom. The number of carbonyl (C=O) groups is 2. The summed E-state index contributed by atoms with van der Waals surface area (Å²) >= 11 is 0. The second-order valence-electron chi connectivity index (χ2n) is 12.1. The van der Waals surface area contributed by atoms with Crippen molar-refractivity contribution in [3.05, 3.63) is 0 Å². The summed E-state index contributed by atoms with van der Waals surface area (Å²) in [5, 5.41) is 10.3. The zero-order chi connectivity index (χ0) is 24.8. The van der Waals surface area contributed by atoms with E-state index in [2.05, 4.69) is 0 Å². The van der Waals surface area contributed by atoms with Gasteiger partial charge in [0.25, 0.3) is 0 Å². The molecule has 0 spiro atoms. The molecule has 0 aromatic rings. The normalized spacial score (nSPS) is 27.2. The molecule has 184 valence electrons. The number of hydrogen-bond donors (Lipinski definition) is 1. The molecule has 0 aliphatic carbocycles. The van der Waals surface area contributed by atoms with E-state index in [9.17, 15) is 14.7 Å². The molecule has 1 amide bonds. The molecular formula is C23H42BNO7. The lowest BCUT2D eigenvalue weighted by molar-refractivity contribution is -0.185. The van der Waals surface area contributed by atoms with Crippen LogP contribution >= 0.6 is 0 Å². The highest BCUT2D eigenvalue weighted by molar-refractivity contribution is 6.45. The average molecular weight is 455 g/mol. The topological polar surface area (TPSA) is 94.5 Å². The number of ether oxygens (including phenoxy) is 2. The summed E-state index contributed by atoms with van der Waals surface area (Å²) in [6, 6.07) is -0.903. The number of nitrogens with zero attached hydrogens (tertiary/aromatic N) is 1. The molecule has 8 nitrogen and oxygen atoms in total. The van der Waals surface area contributed by atoms with Crippen LogP contribution in [0.4, 0.5) is 4.79 Å². The van der Waals surface area contributed by atoms with Gasteiger partial charge in [-0.25, -0.2) is 9.59 Å². The van der Waals surface area contributed by atoms with E-state index in [1.165, 1.54) is 4.90 Å². The van der Waals surface area contributed by atoms with Gasteiger partial charge in [0, 0.05) is 12.0 Å². The van der Waals surface area contributed by atoms with Crippen LogP contribution in [0.2, 0.25) is 6.32 Å². The zero-order valence-electron chi connectivity index (χ0n) is 21.5. The summed E-state index contributed by atoms with van der Waals surface area (Å²) in [6.45, 7) is 18.7. The fourth-order valence-corrected chi connectivity index (χ4v) is 4.10. The van der Waals surface area contributed by atoms with Gasteiger partial charge in [0.2, 0.25) is 0 Å². The van der Waals surface area contributed by atoms with Crippen LogP contribution in [0.3, 0.4) is 0 Å². The molecule has 2 heterocycles. The molecule has 0 unspecified atom stereocenters. The lowest BCUT2D eigenvalue weighted by atomic mass is 9.67. The number of esters is 1. The van der Waals surface area contributed by atoms with E-state index in [1.807, 2.05) is 27.7 Å². The molecule has 2 atom stereocenters. The molecule has 0 radical (unpaired) electrons. The quantitative estimate of drug-likeness (QED) is 0.481. The second kappa shape index (κ2) is 8.80. The van der Waals surface area contributed by atoms with Crippen molar-refractivity contribution >= 4 is 19.2 Å². The molecule has 0 aromatic carbocycles. The summed E-state index contributed by atoms with van der Waals surface area (Å²) in [5.41, 5.74) is -3.01. The SMILES string of the molecule is CC(C)(C)OC(=O)[C@H]1N(C(=O)OC(C)(C)C)C[C@@]1(CO)CCCB1OC(C)(C)C(C)(C)O1. The third-order valence-corrected chi connectivity index (χ3v) is 6.37. The van der Waals surface area contributed by atoms with Gasteiger partial charge in [0.15, 0.2) is 0 Å². The molecule has 2 aliphatic heterocycles. The van der Waals surface area contributed by atoms with Gasteiger partial charge in [-0.2, -0.15) is 0 Å². The van der Waals surface area contributed by atoms with Gasteiger partial charge in [0.05, 0.1) is 17.8 Å². The smallest absolute Gasteiger partial charge is 0.457 e. The van der Waals surface area contributed by atoms with Crippen molar-refractivity contribution in [2.75, 3.05) is 13.2 Å². The highest BCUT2D eigenvalue weighted by atomic mass is 16.7. The lowest BCUT2D eigenvalue weighted by Gasteiger charge is -2.55. The van der Waals surface area contributed by atoms with Crippen molar-refractivity contribution in [2.24, 2.45) is 5.41 Å². The Morgan fingerprint density at radius 1 is 1.00 bits per heavy atom. The largest absolute Gasteiger partial charge is 0.458 e. The van der Waals surface area contributed by atoms with Crippen molar-refractivity contribution in [3.8, 4) is 0 Å². The number of likely N-dealkylation sites (tertiary alicyclic amines) is 1. The van der Waals surface area contributed by atoms with Crippen LogP contribution in [-0.4, -0.2) is 70.8 Å². The van der Waals surface area contributed by atoms with Crippen LogP contribution in [0.15, 0.2) is 0 Å². The van der Waals surface area contributed by atoms with Gasteiger partial charge in [-0.05, 0) is 82.0 Å². The van der Waals surface area contributed by atoms with E-state index in [-0.39, 0.29) is 20.3 Å². The molecular weight excluding hydrogens is 413 g/mol. The molecule has 9 heteroatoms. The maximum absolute atomic E-state index is 13.1. The van der Waals surface area contributed by atoms with Crippen LogP contribution in [0.1, 0.15) is 82.1 Å². The number of aliphatic hydroxyl groups is 1. The number of rotatable bonds is 6. The van der Waals surface area contributed by atoms with Gasteiger partial charge in [0.1, 0.15) is 17.2 Å². The Balaban J connectivity index is 2.11. The fourth-order valence-electron chi connectivity index (χ4n) is 4.10. The third-order valence-electron chi connectivity index (χ3n) is 6.37. The fraction of sp³-hybridized carbons (Fsp3) is 0.913. The molecule has 2 fully saturated rings. The first-order valence-electron chi connectivity index (χ1n) is 11.5. The Bertz CT molecular complexity index is 694. The first-order chi connectivity index (χ1) is 14.3. The predicted molar refractivity (Wildman–Crippen MR) is 122 cm³/mol. The maximum Gasteiger partial charge on any atom is 0.457 e. The summed E-state index contributed by atoms with van der Waals surface area (Å²) in [4.78, 5) is 27.1. The molecule has 0 saturated carbocycles. The van der Waals surface area contributed by atoms with Crippen molar-refractivity contribution in [2.45, 2.75) is 117 Å². The van der Waals surface area contributed by atoms with E-state index in [0.29, 0.717) is 19.2 Å².